The molecule has 0 bridgehead atoms. The number of amides is 1. The number of benzene rings is 1. The largest absolute Gasteiger partial charge is 0.494 e. The zero-order chi connectivity index (χ0) is 19.2. The Kier molecular flexibility index (Phi) is 5.80. The Balaban J connectivity index is 1.53. The molecule has 2 N–H and O–H groups in total. The van der Waals surface area contributed by atoms with Crippen molar-refractivity contribution in [3.8, 4) is 5.75 Å². The Morgan fingerprint density at radius 2 is 1.96 bits per heavy atom. The predicted molar refractivity (Wildman–Crippen MR) is 103 cm³/mol. The van der Waals surface area contributed by atoms with Gasteiger partial charge in [-0.2, -0.15) is 5.10 Å². The standard InChI is InChI=1S/C20H22N4O3/c1-3-10-27-16-6-4-14(5-7-16)18(25)8-9-19(26)22-15-11-17-13(2)23-24-20(17)21-12-15/h4-7,11-12H,3,8-10H2,1-2H3,(H,22,26)(H,21,23,24). The molecule has 3 aromatic rings. The van der Waals surface area contributed by atoms with E-state index in [1.807, 2.05) is 19.9 Å². The van der Waals surface area contributed by atoms with E-state index in [0.717, 1.165) is 23.3 Å². The minimum absolute atomic E-state index is 0.0774. The SMILES string of the molecule is CCCOc1ccc(C(=O)CCC(=O)Nc2cnc3n[nH]c(C)c3c2)cc1. The van der Waals surface area contributed by atoms with Crippen molar-refractivity contribution in [2.45, 2.75) is 33.1 Å². The fraction of sp³-hybridized carbons (Fsp3) is 0.300. The lowest BCUT2D eigenvalue weighted by atomic mass is 10.1. The van der Waals surface area contributed by atoms with Gasteiger partial charge in [-0.25, -0.2) is 4.98 Å². The van der Waals surface area contributed by atoms with Crippen LogP contribution in [0.15, 0.2) is 36.5 Å². The van der Waals surface area contributed by atoms with Crippen LogP contribution >= 0.6 is 0 Å². The number of ether oxygens (including phenoxy) is 1. The van der Waals surface area contributed by atoms with Crippen LogP contribution < -0.4 is 10.1 Å². The Labute approximate surface area is 157 Å². The molecule has 0 atom stereocenters. The molecule has 0 saturated carbocycles. The van der Waals surface area contributed by atoms with Crippen LogP contribution in [0, 0.1) is 6.92 Å². The average molecular weight is 366 g/mol. The lowest BCUT2D eigenvalue weighted by Gasteiger charge is -2.06. The molecule has 2 heterocycles. The van der Waals surface area contributed by atoms with E-state index in [1.165, 1.54) is 0 Å². The highest BCUT2D eigenvalue weighted by Crippen LogP contribution is 2.18. The van der Waals surface area contributed by atoms with Crippen molar-refractivity contribution in [1.29, 1.82) is 0 Å². The average Bonchev–Trinajstić information content (AvgIpc) is 3.05. The first-order valence-corrected chi connectivity index (χ1v) is 8.93. The van der Waals surface area contributed by atoms with Gasteiger partial charge in [0.1, 0.15) is 5.75 Å². The second-order valence-corrected chi connectivity index (χ2v) is 6.29. The van der Waals surface area contributed by atoms with Crippen LogP contribution in [0.3, 0.4) is 0 Å². The first-order valence-electron chi connectivity index (χ1n) is 8.93. The van der Waals surface area contributed by atoms with Gasteiger partial charge in [0, 0.05) is 29.5 Å². The number of ketones is 1. The monoisotopic (exact) mass is 366 g/mol. The molecule has 0 radical (unpaired) electrons. The molecular formula is C20H22N4O3. The number of aromatic nitrogens is 3. The van der Waals surface area contributed by atoms with Crippen LogP contribution in [0.4, 0.5) is 5.69 Å². The predicted octanol–water partition coefficient (Wildman–Crippen LogP) is 3.66. The number of hydrogen-bond donors (Lipinski definition) is 2. The Hall–Kier alpha value is -3.22. The summed E-state index contributed by atoms with van der Waals surface area (Å²) in [7, 11) is 0. The summed E-state index contributed by atoms with van der Waals surface area (Å²) in [6.45, 7) is 4.57. The van der Waals surface area contributed by atoms with Gasteiger partial charge >= 0.3 is 0 Å². The number of Topliss-reactive ketones (excluding diaryl/α,β-unsaturated/α-hetero) is 1. The molecule has 0 aliphatic carbocycles. The van der Waals surface area contributed by atoms with Gasteiger partial charge < -0.3 is 10.1 Å². The maximum Gasteiger partial charge on any atom is 0.224 e. The first-order chi connectivity index (χ1) is 13.1. The van der Waals surface area contributed by atoms with Gasteiger partial charge in [0.05, 0.1) is 18.5 Å². The zero-order valence-electron chi connectivity index (χ0n) is 15.4. The maximum absolute atomic E-state index is 12.3. The lowest BCUT2D eigenvalue weighted by Crippen LogP contribution is -2.13. The number of aromatic amines is 1. The highest BCUT2D eigenvalue weighted by molar-refractivity contribution is 6.00. The summed E-state index contributed by atoms with van der Waals surface area (Å²) in [6, 6.07) is 8.82. The normalized spacial score (nSPS) is 10.7. The molecule has 2 aromatic heterocycles. The van der Waals surface area contributed by atoms with E-state index < -0.39 is 0 Å². The summed E-state index contributed by atoms with van der Waals surface area (Å²) in [6.07, 6.45) is 2.73. The minimum atomic E-state index is -0.228. The summed E-state index contributed by atoms with van der Waals surface area (Å²) in [5, 5.41) is 10.5. The van der Waals surface area contributed by atoms with E-state index >= 15 is 0 Å². The van der Waals surface area contributed by atoms with E-state index in [-0.39, 0.29) is 24.5 Å². The van der Waals surface area contributed by atoms with E-state index in [0.29, 0.717) is 23.5 Å². The van der Waals surface area contributed by atoms with Crippen molar-refractivity contribution in [1.82, 2.24) is 15.2 Å². The Morgan fingerprint density at radius 3 is 2.70 bits per heavy atom. The number of H-pyrrole nitrogens is 1. The number of carbonyl (C=O) groups is 2. The maximum atomic E-state index is 12.3. The smallest absolute Gasteiger partial charge is 0.224 e. The van der Waals surface area contributed by atoms with Gasteiger partial charge in [0.25, 0.3) is 0 Å². The molecule has 0 aliphatic rings. The molecule has 7 heteroatoms. The highest BCUT2D eigenvalue weighted by atomic mass is 16.5. The molecule has 0 aliphatic heterocycles. The topological polar surface area (TPSA) is 97.0 Å². The summed E-state index contributed by atoms with van der Waals surface area (Å²) >= 11 is 0. The first kappa shape index (κ1) is 18.6. The molecule has 1 aromatic carbocycles. The number of nitrogens with zero attached hydrogens (tertiary/aromatic N) is 2. The van der Waals surface area contributed by atoms with Crippen LogP contribution in [-0.4, -0.2) is 33.5 Å². The van der Waals surface area contributed by atoms with Crippen molar-refractivity contribution in [2.24, 2.45) is 0 Å². The van der Waals surface area contributed by atoms with Gasteiger partial charge in [-0.15, -0.1) is 0 Å². The molecule has 1 amide bonds. The molecule has 3 rings (SSSR count). The quantitative estimate of drug-likeness (QED) is 0.593. The number of nitrogens with one attached hydrogen (secondary N) is 2. The van der Waals surface area contributed by atoms with Crippen LogP contribution in [0.5, 0.6) is 5.75 Å². The molecule has 7 nitrogen and oxygen atoms in total. The van der Waals surface area contributed by atoms with Crippen molar-refractivity contribution < 1.29 is 14.3 Å². The number of fused-ring (bicyclic) bond motifs is 1. The summed E-state index contributed by atoms with van der Waals surface area (Å²) < 4.78 is 5.50. The lowest BCUT2D eigenvalue weighted by molar-refractivity contribution is -0.116. The van der Waals surface area contributed by atoms with E-state index in [4.69, 9.17) is 4.74 Å². The fourth-order valence-corrected chi connectivity index (χ4v) is 2.64. The van der Waals surface area contributed by atoms with Crippen LogP contribution in [0.2, 0.25) is 0 Å². The third kappa shape index (κ3) is 4.69. The summed E-state index contributed by atoms with van der Waals surface area (Å²) in [5.74, 6) is 0.434. The van der Waals surface area contributed by atoms with Crippen LogP contribution in [-0.2, 0) is 4.79 Å². The number of aryl methyl sites for hydroxylation is 1. The zero-order valence-corrected chi connectivity index (χ0v) is 15.4. The van der Waals surface area contributed by atoms with Gasteiger partial charge in [0.2, 0.25) is 5.91 Å². The Bertz CT molecular complexity index is 948. The number of anilines is 1. The van der Waals surface area contributed by atoms with Gasteiger partial charge in [-0.05, 0) is 43.7 Å². The third-order valence-corrected chi connectivity index (χ3v) is 4.11. The summed E-state index contributed by atoms with van der Waals surface area (Å²) in [4.78, 5) is 28.6. The van der Waals surface area contributed by atoms with Crippen molar-refractivity contribution in [3.63, 3.8) is 0 Å². The molecule has 140 valence electrons. The van der Waals surface area contributed by atoms with Crippen molar-refractivity contribution >= 4 is 28.4 Å². The van der Waals surface area contributed by atoms with E-state index in [9.17, 15) is 9.59 Å². The minimum Gasteiger partial charge on any atom is -0.494 e. The van der Waals surface area contributed by atoms with Gasteiger partial charge in [-0.1, -0.05) is 6.92 Å². The number of pyridine rings is 1. The number of rotatable bonds is 8. The van der Waals surface area contributed by atoms with Crippen molar-refractivity contribution in [3.05, 3.63) is 47.8 Å². The second-order valence-electron chi connectivity index (χ2n) is 6.29. The number of hydrogen-bond acceptors (Lipinski definition) is 5. The molecule has 0 spiro atoms. The van der Waals surface area contributed by atoms with Gasteiger partial charge in [0.15, 0.2) is 11.4 Å². The van der Waals surface area contributed by atoms with E-state index in [2.05, 4.69) is 20.5 Å². The highest BCUT2D eigenvalue weighted by Gasteiger charge is 2.11. The Morgan fingerprint density at radius 1 is 1.19 bits per heavy atom. The third-order valence-electron chi connectivity index (χ3n) is 4.11. The molecular weight excluding hydrogens is 344 g/mol. The molecule has 0 unspecified atom stereocenters. The number of carbonyl (C=O) groups excluding carboxylic acids is 2. The fourth-order valence-electron chi connectivity index (χ4n) is 2.64. The molecule has 0 fully saturated rings. The molecule has 27 heavy (non-hydrogen) atoms. The van der Waals surface area contributed by atoms with E-state index in [1.54, 1.807) is 30.5 Å². The van der Waals surface area contributed by atoms with Gasteiger partial charge in [-0.3, -0.25) is 14.7 Å². The van der Waals surface area contributed by atoms with Crippen molar-refractivity contribution in [2.75, 3.05) is 11.9 Å². The summed E-state index contributed by atoms with van der Waals surface area (Å²) in [5.41, 5.74) is 2.65. The second kappa shape index (κ2) is 8.44. The van der Waals surface area contributed by atoms with Crippen LogP contribution in [0.25, 0.3) is 11.0 Å². The molecule has 0 saturated heterocycles. The van der Waals surface area contributed by atoms with Crippen LogP contribution in [0.1, 0.15) is 42.2 Å².